The van der Waals surface area contributed by atoms with Crippen molar-refractivity contribution in [1.82, 2.24) is 15.5 Å². The van der Waals surface area contributed by atoms with Crippen LogP contribution in [0.2, 0.25) is 0 Å². The van der Waals surface area contributed by atoms with E-state index in [1.807, 2.05) is 0 Å². The lowest BCUT2D eigenvalue weighted by Gasteiger charge is -2.38. The standard InChI is InChI=1S/C24H40N4O7/c25-12-6-4-10-17(21(31)24(34)35)27-22(32)19-11-5-7-13-28(19)23(33)18(26-15-20(29)30)14-16-8-2-1-3-9-16/h16-19,26H,1-15,25H2,(H,27,32)(H,29,30)(H,34,35)/t17-,18+,19-/m0/s1. The van der Waals surface area contributed by atoms with E-state index in [-0.39, 0.29) is 18.9 Å². The summed E-state index contributed by atoms with van der Waals surface area (Å²) in [5.41, 5.74) is 5.48. The van der Waals surface area contributed by atoms with Gasteiger partial charge in [-0.05, 0) is 57.4 Å². The van der Waals surface area contributed by atoms with Gasteiger partial charge in [-0.25, -0.2) is 4.79 Å². The number of ketones is 1. The van der Waals surface area contributed by atoms with Crippen molar-refractivity contribution in [2.24, 2.45) is 11.7 Å². The summed E-state index contributed by atoms with van der Waals surface area (Å²) >= 11 is 0. The number of hydrogen-bond acceptors (Lipinski definition) is 7. The number of aliphatic carboxylic acids is 2. The van der Waals surface area contributed by atoms with E-state index in [4.69, 9.17) is 15.9 Å². The molecule has 1 heterocycles. The number of likely N-dealkylation sites (tertiary alicyclic amines) is 1. The van der Waals surface area contributed by atoms with Crippen molar-refractivity contribution in [3.05, 3.63) is 0 Å². The first-order valence-corrected chi connectivity index (χ1v) is 12.8. The molecule has 1 aliphatic carbocycles. The highest BCUT2D eigenvalue weighted by atomic mass is 16.4. The molecule has 11 nitrogen and oxygen atoms in total. The summed E-state index contributed by atoms with van der Waals surface area (Å²) in [6.07, 6.45) is 8.86. The molecule has 0 radical (unpaired) electrons. The van der Waals surface area contributed by atoms with Crippen LogP contribution in [0, 0.1) is 5.92 Å². The van der Waals surface area contributed by atoms with Crippen LogP contribution in [0.1, 0.15) is 77.0 Å². The zero-order chi connectivity index (χ0) is 25.8. The molecule has 0 aromatic heterocycles. The molecule has 3 atom stereocenters. The van der Waals surface area contributed by atoms with Crippen LogP contribution < -0.4 is 16.4 Å². The average molecular weight is 497 g/mol. The summed E-state index contributed by atoms with van der Waals surface area (Å²) in [4.78, 5) is 62.8. The van der Waals surface area contributed by atoms with Gasteiger partial charge in [0.2, 0.25) is 11.8 Å². The van der Waals surface area contributed by atoms with Crippen LogP contribution in [0.4, 0.5) is 0 Å². The Balaban J connectivity index is 2.14. The summed E-state index contributed by atoms with van der Waals surface area (Å²) in [6, 6.07) is -2.74. The van der Waals surface area contributed by atoms with Crippen LogP contribution in [0.3, 0.4) is 0 Å². The van der Waals surface area contributed by atoms with E-state index in [1.54, 1.807) is 0 Å². The van der Waals surface area contributed by atoms with Gasteiger partial charge in [-0.15, -0.1) is 0 Å². The molecule has 0 unspecified atom stereocenters. The van der Waals surface area contributed by atoms with Crippen LogP contribution in [-0.2, 0) is 24.0 Å². The number of nitrogens with two attached hydrogens (primary N) is 1. The number of Topliss-reactive ketones (excluding diaryl/α,β-unsaturated/α-hetero) is 1. The maximum Gasteiger partial charge on any atom is 0.374 e. The highest BCUT2D eigenvalue weighted by Gasteiger charge is 2.38. The average Bonchev–Trinajstić information content (AvgIpc) is 2.85. The van der Waals surface area contributed by atoms with Crippen LogP contribution in [0.15, 0.2) is 0 Å². The van der Waals surface area contributed by atoms with E-state index in [1.165, 1.54) is 4.90 Å². The number of hydrogen-bond donors (Lipinski definition) is 5. The SMILES string of the molecule is NCCCC[C@H](NC(=O)[C@@H]1CCCCN1C(=O)[C@@H](CC1CCCCC1)NCC(=O)O)C(=O)C(=O)O. The molecule has 0 bridgehead atoms. The molecule has 0 aromatic carbocycles. The van der Waals surface area contributed by atoms with Gasteiger partial charge in [0.15, 0.2) is 0 Å². The minimum Gasteiger partial charge on any atom is -0.480 e. The Morgan fingerprint density at radius 3 is 2.23 bits per heavy atom. The molecule has 0 spiro atoms. The van der Waals surface area contributed by atoms with Crippen molar-refractivity contribution in [2.45, 2.75) is 95.2 Å². The predicted molar refractivity (Wildman–Crippen MR) is 127 cm³/mol. The lowest BCUT2D eigenvalue weighted by atomic mass is 9.84. The highest BCUT2D eigenvalue weighted by molar-refractivity contribution is 6.35. The lowest BCUT2D eigenvalue weighted by Crippen LogP contribution is -2.59. The number of carbonyl (C=O) groups excluding carboxylic acids is 3. The van der Waals surface area contributed by atoms with Gasteiger partial charge in [0.1, 0.15) is 6.04 Å². The van der Waals surface area contributed by atoms with Crippen molar-refractivity contribution in [3.63, 3.8) is 0 Å². The zero-order valence-corrected chi connectivity index (χ0v) is 20.4. The van der Waals surface area contributed by atoms with E-state index in [0.717, 1.165) is 32.1 Å². The molecule has 6 N–H and O–H groups in total. The number of carboxylic acid groups (broad SMARTS) is 2. The fourth-order valence-electron chi connectivity index (χ4n) is 5.08. The van der Waals surface area contributed by atoms with Gasteiger partial charge in [0, 0.05) is 6.54 Å². The second-order valence-corrected chi connectivity index (χ2v) is 9.63. The topological polar surface area (TPSA) is 179 Å². The first-order chi connectivity index (χ1) is 16.7. The Hall–Kier alpha value is -2.53. The number of carbonyl (C=O) groups is 5. The zero-order valence-electron chi connectivity index (χ0n) is 20.4. The number of piperidine rings is 1. The minimum atomic E-state index is -1.62. The summed E-state index contributed by atoms with van der Waals surface area (Å²) in [6.45, 7) is 0.375. The molecule has 2 aliphatic rings. The first-order valence-electron chi connectivity index (χ1n) is 12.8. The van der Waals surface area contributed by atoms with E-state index in [9.17, 15) is 24.0 Å². The molecule has 198 valence electrons. The number of amides is 2. The normalized spacial score (nSPS) is 20.6. The van der Waals surface area contributed by atoms with Gasteiger partial charge >= 0.3 is 11.9 Å². The molecule has 1 saturated heterocycles. The molecule has 11 heteroatoms. The number of nitrogens with zero attached hydrogens (tertiary/aromatic N) is 1. The molecule has 35 heavy (non-hydrogen) atoms. The molecule has 1 saturated carbocycles. The Bertz CT molecular complexity index is 754. The number of carboxylic acids is 2. The monoisotopic (exact) mass is 496 g/mol. The van der Waals surface area contributed by atoms with Crippen molar-refractivity contribution in [1.29, 1.82) is 0 Å². The Morgan fingerprint density at radius 1 is 0.914 bits per heavy atom. The third-order valence-corrected chi connectivity index (χ3v) is 6.97. The van der Waals surface area contributed by atoms with Gasteiger partial charge in [0.05, 0.1) is 18.6 Å². The van der Waals surface area contributed by atoms with E-state index in [2.05, 4.69) is 10.6 Å². The molecular formula is C24H40N4O7. The third-order valence-electron chi connectivity index (χ3n) is 6.97. The van der Waals surface area contributed by atoms with Gasteiger partial charge in [-0.1, -0.05) is 32.1 Å². The van der Waals surface area contributed by atoms with Crippen LogP contribution in [0.5, 0.6) is 0 Å². The number of unbranched alkanes of at least 4 members (excludes halogenated alkanes) is 1. The van der Waals surface area contributed by atoms with Gasteiger partial charge < -0.3 is 26.2 Å². The maximum atomic E-state index is 13.6. The summed E-state index contributed by atoms with van der Waals surface area (Å²) < 4.78 is 0. The fraction of sp³-hybridized carbons (Fsp3) is 0.792. The minimum absolute atomic E-state index is 0.152. The van der Waals surface area contributed by atoms with E-state index >= 15 is 0 Å². The highest BCUT2D eigenvalue weighted by Crippen LogP contribution is 2.28. The molecule has 2 amide bonds. The van der Waals surface area contributed by atoms with Gasteiger partial charge in [-0.3, -0.25) is 24.5 Å². The second-order valence-electron chi connectivity index (χ2n) is 9.63. The van der Waals surface area contributed by atoms with Crippen molar-refractivity contribution in [3.8, 4) is 0 Å². The van der Waals surface area contributed by atoms with Crippen LogP contribution >= 0.6 is 0 Å². The number of rotatable bonds is 14. The lowest BCUT2D eigenvalue weighted by molar-refractivity contribution is -0.151. The van der Waals surface area contributed by atoms with Gasteiger partial charge in [0.25, 0.3) is 5.78 Å². The molecular weight excluding hydrogens is 456 g/mol. The number of nitrogens with one attached hydrogen (secondary N) is 2. The van der Waals surface area contributed by atoms with Crippen molar-refractivity contribution >= 4 is 29.5 Å². The fourth-order valence-corrected chi connectivity index (χ4v) is 5.08. The smallest absolute Gasteiger partial charge is 0.374 e. The molecule has 0 aromatic rings. The molecule has 2 rings (SSSR count). The maximum absolute atomic E-state index is 13.6. The summed E-state index contributed by atoms with van der Waals surface area (Å²) in [5.74, 6) is -4.34. The van der Waals surface area contributed by atoms with Crippen molar-refractivity contribution < 1.29 is 34.2 Å². The predicted octanol–water partition coefficient (Wildman–Crippen LogP) is 0.648. The summed E-state index contributed by atoms with van der Waals surface area (Å²) in [7, 11) is 0. The second kappa shape index (κ2) is 14.8. The largest absolute Gasteiger partial charge is 0.480 e. The summed E-state index contributed by atoms with van der Waals surface area (Å²) in [5, 5.41) is 23.7. The van der Waals surface area contributed by atoms with E-state index in [0.29, 0.717) is 57.5 Å². The Kier molecular flexibility index (Phi) is 12.1. The quantitative estimate of drug-likeness (QED) is 0.170. The Morgan fingerprint density at radius 2 is 1.60 bits per heavy atom. The Labute approximate surface area is 206 Å². The molecule has 1 aliphatic heterocycles. The van der Waals surface area contributed by atoms with Gasteiger partial charge in [-0.2, -0.15) is 0 Å². The third kappa shape index (κ3) is 9.21. The van der Waals surface area contributed by atoms with Crippen LogP contribution in [-0.4, -0.2) is 82.4 Å². The van der Waals surface area contributed by atoms with Crippen molar-refractivity contribution in [2.75, 3.05) is 19.6 Å². The molecule has 2 fully saturated rings. The first kappa shape index (κ1) is 28.7. The van der Waals surface area contributed by atoms with E-state index < -0.39 is 41.8 Å². The van der Waals surface area contributed by atoms with Crippen LogP contribution in [0.25, 0.3) is 0 Å².